The number of anilines is 1. The Morgan fingerprint density at radius 1 is 1.44 bits per heavy atom. The number of nitrogens with one attached hydrogen (secondary N) is 1. The van der Waals surface area contributed by atoms with Crippen molar-refractivity contribution >= 4 is 17.9 Å². The maximum atomic E-state index is 11.1. The summed E-state index contributed by atoms with van der Waals surface area (Å²) < 4.78 is 5.16. The van der Waals surface area contributed by atoms with E-state index in [2.05, 4.69) is 5.32 Å². The van der Waals surface area contributed by atoms with Crippen LogP contribution in [-0.4, -0.2) is 19.3 Å². The van der Waals surface area contributed by atoms with Gasteiger partial charge in [0.25, 0.3) is 0 Å². The molecule has 0 radical (unpaired) electrons. The molecular weight excluding hydrogens is 206 g/mol. The van der Waals surface area contributed by atoms with Crippen molar-refractivity contribution in [1.29, 1.82) is 0 Å². The first-order valence-electron chi connectivity index (χ1n) is 4.92. The minimum absolute atomic E-state index is 0.146. The molecule has 0 atom stereocenters. The van der Waals surface area contributed by atoms with Gasteiger partial charge in [0.1, 0.15) is 5.75 Å². The van der Waals surface area contributed by atoms with Gasteiger partial charge in [-0.05, 0) is 25.5 Å². The minimum Gasteiger partial charge on any atom is -0.496 e. The quantitative estimate of drug-likeness (QED) is 0.795. The van der Waals surface area contributed by atoms with E-state index in [1.165, 1.54) is 14.0 Å². The summed E-state index contributed by atoms with van der Waals surface area (Å²) in [5, 5.41) is 2.73. The number of hydrogen-bond donors (Lipinski definition) is 1. The predicted octanol–water partition coefficient (Wildman–Crippen LogP) is 2.08. The summed E-state index contributed by atoms with van der Waals surface area (Å²) in [5.74, 6) is 0.358. The summed E-state index contributed by atoms with van der Waals surface area (Å²) in [6.45, 7) is 5.09. The molecule has 0 saturated heterocycles. The van der Waals surface area contributed by atoms with Crippen LogP contribution < -0.4 is 10.1 Å². The van der Waals surface area contributed by atoms with E-state index in [-0.39, 0.29) is 5.91 Å². The lowest BCUT2D eigenvalue weighted by Gasteiger charge is -2.15. The zero-order chi connectivity index (χ0) is 12.3. The van der Waals surface area contributed by atoms with Crippen molar-refractivity contribution in [3.63, 3.8) is 0 Å². The Balaban J connectivity index is 3.40. The number of aryl methyl sites for hydroxylation is 1. The molecule has 0 aliphatic rings. The van der Waals surface area contributed by atoms with Crippen LogP contribution in [0.2, 0.25) is 0 Å². The maximum Gasteiger partial charge on any atom is 0.221 e. The monoisotopic (exact) mass is 221 g/mol. The first kappa shape index (κ1) is 12.2. The van der Waals surface area contributed by atoms with E-state index in [0.717, 1.165) is 17.4 Å². The molecule has 4 heteroatoms. The second kappa shape index (κ2) is 4.79. The average Bonchev–Trinajstić information content (AvgIpc) is 2.23. The molecule has 4 nitrogen and oxygen atoms in total. The average molecular weight is 221 g/mol. The van der Waals surface area contributed by atoms with Gasteiger partial charge < -0.3 is 10.1 Å². The van der Waals surface area contributed by atoms with Crippen LogP contribution >= 0.6 is 0 Å². The third-order valence-electron chi connectivity index (χ3n) is 2.38. The van der Waals surface area contributed by atoms with Gasteiger partial charge in [0.15, 0.2) is 6.29 Å². The summed E-state index contributed by atoms with van der Waals surface area (Å²) >= 11 is 0. The molecule has 86 valence electrons. The number of carbonyl (C=O) groups excluding carboxylic acids is 2. The number of benzene rings is 1. The second-order valence-electron chi connectivity index (χ2n) is 3.61. The normalized spacial score (nSPS) is 9.75. The van der Waals surface area contributed by atoms with Gasteiger partial charge in [0.2, 0.25) is 5.91 Å². The Hall–Kier alpha value is -1.84. The highest BCUT2D eigenvalue weighted by Gasteiger charge is 2.13. The minimum atomic E-state index is -0.146. The van der Waals surface area contributed by atoms with Gasteiger partial charge in [-0.3, -0.25) is 9.59 Å². The number of ether oxygens (including phenoxy) is 1. The van der Waals surface area contributed by atoms with Gasteiger partial charge in [-0.2, -0.15) is 0 Å². The van der Waals surface area contributed by atoms with Gasteiger partial charge >= 0.3 is 0 Å². The fourth-order valence-corrected chi connectivity index (χ4v) is 1.72. The Morgan fingerprint density at radius 2 is 2.06 bits per heavy atom. The van der Waals surface area contributed by atoms with Crippen molar-refractivity contribution in [2.45, 2.75) is 20.8 Å². The van der Waals surface area contributed by atoms with Crippen LogP contribution in [0.5, 0.6) is 5.75 Å². The van der Waals surface area contributed by atoms with Gasteiger partial charge in [0, 0.05) is 12.5 Å². The molecule has 0 fully saturated rings. The zero-order valence-corrected chi connectivity index (χ0v) is 9.88. The highest BCUT2D eigenvalue weighted by molar-refractivity contribution is 5.93. The highest BCUT2D eigenvalue weighted by Crippen LogP contribution is 2.32. The third-order valence-corrected chi connectivity index (χ3v) is 2.38. The third kappa shape index (κ3) is 2.21. The zero-order valence-electron chi connectivity index (χ0n) is 9.88. The van der Waals surface area contributed by atoms with Crippen LogP contribution in [0.25, 0.3) is 0 Å². The van der Waals surface area contributed by atoms with E-state index in [1.54, 1.807) is 6.07 Å². The molecule has 0 spiro atoms. The Bertz CT molecular complexity index is 438. The van der Waals surface area contributed by atoms with Crippen molar-refractivity contribution in [2.24, 2.45) is 0 Å². The number of carbonyl (C=O) groups is 2. The van der Waals surface area contributed by atoms with Crippen molar-refractivity contribution in [1.82, 2.24) is 0 Å². The van der Waals surface area contributed by atoms with Gasteiger partial charge in [-0.1, -0.05) is 0 Å². The van der Waals surface area contributed by atoms with Gasteiger partial charge in [-0.15, -0.1) is 0 Å². The number of hydrogen-bond acceptors (Lipinski definition) is 3. The van der Waals surface area contributed by atoms with E-state index in [0.29, 0.717) is 17.0 Å². The Morgan fingerprint density at radius 3 is 2.50 bits per heavy atom. The lowest BCUT2D eigenvalue weighted by Crippen LogP contribution is -2.10. The van der Waals surface area contributed by atoms with E-state index in [9.17, 15) is 9.59 Å². The molecule has 1 N–H and O–H groups in total. The second-order valence-corrected chi connectivity index (χ2v) is 3.61. The van der Waals surface area contributed by atoms with E-state index >= 15 is 0 Å². The Labute approximate surface area is 94.6 Å². The van der Waals surface area contributed by atoms with Crippen LogP contribution in [0.15, 0.2) is 6.07 Å². The number of amides is 1. The van der Waals surface area contributed by atoms with E-state index in [1.807, 2.05) is 13.8 Å². The summed E-state index contributed by atoms with van der Waals surface area (Å²) in [6.07, 6.45) is 0.746. The lowest BCUT2D eigenvalue weighted by molar-refractivity contribution is -0.114. The van der Waals surface area contributed by atoms with Crippen LogP contribution in [0, 0.1) is 13.8 Å². The molecule has 0 aromatic heterocycles. The van der Waals surface area contributed by atoms with Crippen LogP contribution in [-0.2, 0) is 4.79 Å². The molecule has 0 unspecified atom stereocenters. The molecule has 16 heavy (non-hydrogen) atoms. The van der Waals surface area contributed by atoms with Gasteiger partial charge in [0.05, 0.1) is 18.4 Å². The molecule has 0 aliphatic heterocycles. The van der Waals surface area contributed by atoms with Crippen molar-refractivity contribution < 1.29 is 14.3 Å². The number of methoxy groups -OCH3 is 1. The van der Waals surface area contributed by atoms with Crippen molar-refractivity contribution in [3.05, 3.63) is 22.8 Å². The fourth-order valence-electron chi connectivity index (χ4n) is 1.72. The standard InChI is InChI=1S/C12H15NO3/c1-7-5-10(6-14)12(16-4)8(2)11(7)13-9(3)15/h5-6H,1-4H3,(H,13,15). The maximum absolute atomic E-state index is 11.1. The molecule has 1 aromatic rings. The molecule has 0 saturated carbocycles. The molecule has 1 rings (SSSR count). The Kier molecular flexibility index (Phi) is 3.66. The molecule has 0 aliphatic carbocycles. The van der Waals surface area contributed by atoms with Crippen molar-refractivity contribution in [3.8, 4) is 5.75 Å². The van der Waals surface area contributed by atoms with Crippen molar-refractivity contribution in [2.75, 3.05) is 12.4 Å². The van der Waals surface area contributed by atoms with E-state index in [4.69, 9.17) is 4.74 Å². The molecular formula is C12H15NO3. The largest absolute Gasteiger partial charge is 0.496 e. The van der Waals surface area contributed by atoms with Crippen LogP contribution in [0.1, 0.15) is 28.4 Å². The fraction of sp³-hybridized carbons (Fsp3) is 0.333. The van der Waals surface area contributed by atoms with Gasteiger partial charge in [-0.25, -0.2) is 0 Å². The number of aldehydes is 1. The van der Waals surface area contributed by atoms with Crippen LogP contribution in [0.3, 0.4) is 0 Å². The summed E-state index contributed by atoms with van der Waals surface area (Å²) in [4.78, 5) is 21.9. The summed E-state index contributed by atoms with van der Waals surface area (Å²) in [5.41, 5.74) is 2.80. The van der Waals surface area contributed by atoms with E-state index < -0.39 is 0 Å². The van der Waals surface area contributed by atoms with Crippen LogP contribution in [0.4, 0.5) is 5.69 Å². The molecule has 0 heterocycles. The molecule has 0 bridgehead atoms. The molecule has 1 amide bonds. The number of rotatable bonds is 3. The SMILES string of the molecule is COc1c(C=O)cc(C)c(NC(C)=O)c1C. The first-order valence-corrected chi connectivity index (χ1v) is 4.92. The topological polar surface area (TPSA) is 55.4 Å². The predicted molar refractivity (Wildman–Crippen MR) is 62.2 cm³/mol. The first-order chi connectivity index (χ1) is 7.51. The highest BCUT2D eigenvalue weighted by atomic mass is 16.5. The summed E-state index contributed by atoms with van der Waals surface area (Å²) in [7, 11) is 1.50. The smallest absolute Gasteiger partial charge is 0.221 e. The summed E-state index contributed by atoms with van der Waals surface area (Å²) in [6, 6.07) is 1.70. The molecule has 1 aromatic carbocycles. The lowest BCUT2D eigenvalue weighted by atomic mass is 10.0.